The molecule has 3 nitrogen and oxygen atoms in total. The highest BCUT2D eigenvalue weighted by Crippen LogP contribution is 2.42. The smallest absolute Gasteiger partial charge is 0.124 e. The van der Waals surface area contributed by atoms with Gasteiger partial charge in [-0.25, -0.2) is 0 Å². The highest BCUT2D eigenvalue weighted by molar-refractivity contribution is 5.41. The maximum Gasteiger partial charge on any atom is 0.124 e. The van der Waals surface area contributed by atoms with Crippen molar-refractivity contribution < 1.29 is 9.84 Å². The number of aryl methyl sites for hydroxylation is 2. The van der Waals surface area contributed by atoms with Gasteiger partial charge in [0.15, 0.2) is 0 Å². The normalized spacial score (nSPS) is 18.6. The SMILES string of the molecule is COc1ccc(C)cc1C(O)C1CCc2cccnc21. The Morgan fingerprint density at radius 1 is 1.35 bits per heavy atom. The lowest BCUT2D eigenvalue weighted by Crippen LogP contribution is -2.11. The summed E-state index contributed by atoms with van der Waals surface area (Å²) in [6.07, 6.45) is 3.15. The standard InChI is InChI=1S/C17H19NO2/c1-11-5-8-15(20-2)14(10-11)17(19)13-7-6-12-4-3-9-18-16(12)13/h3-5,8-10,13,17,19H,6-7H2,1-2H3. The third-order valence-electron chi connectivity index (χ3n) is 4.09. The number of rotatable bonds is 3. The second-order valence-electron chi connectivity index (χ2n) is 5.38. The predicted octanol–water partition coefficient (Wildman–Crippen LogP) is 3.16. The molecule has 1 heterocycles. The van der Waals surface area contributed by atoms with E-state index < -0.39 is 6.10 Å². The Morgan fingerprint density at radius 2 is 2.20 bits per heavy atom. The van der Waals surface area contributed by atoms with Gasteiger partial charge in [0.05, 0.1) is 13.2 Å². The van der Waals surface area contributed by atoms with E-state index in [9.17, 15) is 5.11 Å². The van der Waals surface area contributed by atoms with Crippen LogP contribution in [0.4, 0.5) is 0 Å². The van der Waals surface area contributed by atoms with E-state index in [0.717, 1.165) is 35.4 Å². The molecule has 20 heavy (non-hydrogen) atoms. The van der Waals surface area contributed by atoms with Crippen LogP contribution in [0.15, 0.2) is 36.5 Å². The summed E-state index contributed by atoms with van der Waals surface area (Å²) < 4.78 is 5.39. The van der Waals surface area contributed by atoms with Crippen LogP contribution >= 0.6 is 0 Å². The number of hydrogen-bond acceptors (Lipinski definition) is 3. The summed E-state index contributed by atoms with van der Waals surface area (Å²) in [5, 5.41) is 10.8. The molecule has 0 radical (unpaired) electrons. The molecule has 1 N–H and O–H groups in total. The Labute approximate surface area is 119 Å². The Bertz CT molecular complexity index is 624. The Kier molecular flexibility index (Phi) is 3.45. The largest absolute Gasteiger partial charge is 0.496 e. The van der Waals surface area contributed by atoms with Crippen molar-refractivity contribution in [2.45, 2.75) is 31.8 Å². The number of aliphatic hydroxyl groups is 1. The van der Waals surface area contributed by atoms with Crippen molar-refractivity contribution in [3.8, 4) is 5.75 Å². The molecule has 1 aromatic carbocycles. The fourth-order valence-electron chi connectivity index (χ4n) is 3.05. The van der Waals surface area contributed by atoms with E-state index in [-0.39, 0.29) is 5.92 Å². The van der Waals surface area contributed by atoms with Crippen LogP contribution in [0.25, 0.3) is 0 Å². The van der Waals surface area contributed by atoms with Crippen LogP contribution in [0, 0.1) is 6.92 Å². The van der Waals surface area contributed by atoms with Gasteiger partial charge in [0.25, 0.3) is 0 Å². The molecule has 0 bridgehead atoms. The highest BCUT2D eigenvalue weighted by Gasteiger charge is 2.32. The van der Waals surface area contributed by atoms with E-state index in [1.807, 2.05) is 31.2 Å². The summed E-state index contributed by atoms with van der Waals surface area (Å²) in [6, 6.07) is 9.98. The molecule has 0 spiro atoms. The van der Waals surface area contributed by atoms with Crippen molar-refractivity contribution in [2.24, 2.45) is 0 Å². The van der Waals surface area contributed by atoms with Crippen molar-refractivity contribution in [1.82, 2.24) is 4.98 Å². The summed E-state index contributed by atoms with van der Waals surface area (Å²) in [5.74, 6) is 0.800. The number of benzene rings is 1. The summed E-state index contributed by atoms with van der Waals surface area (Å²) in [6.45, 7) is 2.02. The van der Waals surface area contributed by atoms with Crippen LogP contribution in [0.3, 0.4) is 0 Å². The Morgan fingerprint density at radius 3 is 3.00 bits per heavy atom. The van der Waals surface area contributed by atoms with Crippen LogP contribution in [-0.2, 0) is 6.42 Å². The molecule has 3 heteroatoms. The van der Waals surface area contributed by atoms with Gasteiger partial charge >= 0.3 is 0 Å². The van der Waals surface area contributed by atoms with E-state index in [1.165, 1.54) is 5.56 Å². The summed E-state index contributed by atoms with van der Waals surface area (Å²) in [4.78, 5) is 4.46. The van der Waals surface area contributed by atoms with Gasteiger partial charge in [0.2, 0.25) is 0 Å². The average Bonchev–Trinajstić information content (AvgIpc) is 2.90. The number of methoxy groups -OCH3 is 1. The first kappa shape index (κ1) is 13.1. The van der Waals surface area contributed by atoms with Gasteiger partial charge in [-0.05, 0) is 43.5 Å². The number of aromatic nitrogens is 1. The number of ether oxygens (including phenoxy) is 1. The third-order valence-corrected chi connectivity index (χ3v) is 4.09. The third kappa shape index (κ3) is 2.18. The zero-order chi connectivity index (χ0) is 14.1. The first-order valence-corrected chi connectivity index (χ1v) is 6.97. The van der Waals surface area contributed by atoms with E-state index in [1.54, 1.807) is 13.3 Å². The van der Waals surface area contributed by atoms with Crippen LogP contribution in [0.2, 0.25) is 0 Å². The van der Waals surface area contributed by atoms with E-state index in [0.29, 0.717) is 0 Å². The molecule has 1 aliphatic carbocycles. The number of nitrogens with zero attached hydrogens (tertiary/aromatic N) is 1. The predicted molar refractivity (Wildman–Crippen MR) is 78.0 cm³/mol. The van der Waals surface area contributed by atoms with Crippen molar-refractivity contribution in [1.29, 1.82) is 0 Å². The lowest BCUT2D eigenvalue weighted by atomic mass is 9.92. The number of fused-ring (bicyclic) bond motifs is 1. The van der Waals surface area contributed by atoms with Gasteiger partial charge in [0, 0.05) is 23.4 Å². The van der Waals surface area contributed by atoms with Gasteiger partial charge < -0.3 is 9.84 Å². The number of aliphatic hydroxyl groups excluding tert-OH is 1. The molecule has 0 aliphatic heterocycles. The minimum Gasteiger partial charge on any atom is -0.496 e. The zero-order valence-corrected chi connectivity index (χ0v) is 11.8. The van der Waals surface area contributed by atoms with Crippen LogP contribution < -0.4 is 4.74 Å². The molecule has 2 atom stereocenters. The van der Waals surface area contributed by atoms with E-state index >= 15 is 0 Å². The zero-order valence-electron chi connectivity index (χ0n) is 11.8. The summed E-state index contributed by atoms with van der Waals surface area (Å²) in [5.41, 5.74) is 4.27. The second-order valence-corrected chi connectivity index (χ2v) is 5.38. The van der Waals surface area contributed by atoms with Gasteiger partial charge in [-0.15, -0.1) is 0 Å². The fraction of sp³-hybridized carbons (Fsp3) is 0.353. The summed E-state index contributed by atoms with van der Waals surface area (Å²) in [7, 11) is 1.64. The van der Waals surface area contributed by atoms with Gasteiger partial charge in [-0.1, -0.05) is 17.7 Å². The van der Waals surface area contributed by atoms with E-state index in [2.05, 4.69) is 11.1 Å². The number of hydrogen-bond donors (Lipinski definition) is 1. The van der Waals surface area contributed by atoms with Crippen molar-refractivity contribution >= 4 is 0 Å². The Hall–Kier alpha value is -1.87. The molecule has 1 aromatic heterocycles. The minimum atomic E-state index is -0.569. The maximum atomic E-state index is 10.8. The topological polar surface area (TPSA) is 42.4 Å². The molecule has 2 unspecified atom stereocenters. The molecule has 0 fully saturated rings. The minimum absolute atomic E-state index is 0.0573. The monoisotopic (exact) mass is 269 g/mol. The van der Waals surface area contributed by atoms with Crippen LogP contribution in [-0.4, -0.2) is 17.2 Å². The molecule has 0 saturated carbocycles. The molecule has 104 valence electrons. The molecule has 3 rings (SSSR count). The average molecular weight is 269 g/mol. The van der Waals surface area contributed by atoms with Gasteiger partial charge in [-0.2, -0.15) is 0 Å². The highest BCUT2D eigenvalue weighted by atomic mass is 16.5. The first-order valence-electron chi connectivity index (χ1n) is 6.97. The van der Waals surface area contributed by atoms with Crippen molar-refractivity contribution in [2.75, 3.05) is 7.11 Å². The maximum absolute atomic E-state index is 10.8. The fourth-order valence-corrected chi connectivity index (χ4v) is 3.05. The van der Waals surface area contributed by atoms with Gasteiger partial charge in [0.1, 0.15) is 5.75 Å². The Balaban J connectivity index is 1.98. The molecule has 2 aromatic rings. The molecule has 0 amide bonds. The quantitative estimate of drug-likeness (QED) is 0.930. The first-order chi connectivity index (χ1) is 9.70. The van der Waals surface area contributed by atoms with E-state index in [4.69, 9.17) is 4.74 Å². The van der Waals surface area contributed by atoms with Crippen molar-refractivity contribution in [3.63, 3.8) is 0 Å². The molecule has 0 saturated heterocycles. The molecular formula is C17H19NO2. The molecule has 1 aliphatic rings. The summed E-state index contributed by atoms with van der Waals surface area (Å²) >= 11 is 0. The lowest BCUT2D eigenvalue weighted by Gasteiger charge is -2.21. The van der Waals surface area contributed by atoms with Gasteiger partial charge in [-0.3, -0.25) is 4.98 Å². The van der Waals surface area contributed by atoms with Crippen LogP contribution in [0.1, 0.15) is 40.8 Å². The van der Waals surface area contributed by atoms with Crippen molar-refractivity contribution in [3.05, 3.63) is 58.9 Å². The lowest BCUT2D eigenvalue weighted by molar-refractivity contribution is 0.139. The number of pyridine rings is 1. The van der Waals surface area contributed by atoms with Crippen LogP contribution in [0.5, 0.6) is 5.75 Å². The molecular weight excluding hydrogens is 250 g/mol. The second kappa shape index (κ2) is 5.25.